The molecule has 0 bridgehead atoms. The van der Waals surface area contributed by atoms with Gasteiger partial charge in [-0.1, -0.05) is 12.1 Å². The molecule has 0 N–H and O–H groups in total. The average Bonchev–Trinajstić information content (AvgIpc) is 3.10. The number of ether oxygens (including phenoxy) is 2. The first-order valence-electron chi connectivity index (χ1n) is 8.65. The highest BCUT2D eigenvalue weighted by atomic mass is 16.6. The second kappa shape index (κ2) is 6.93. The van der Waals surface area contributed by atoms with Crippen LogP contribution in [0.5, 0.6) is 0 Å². The zero-order valence-electron chi connectivity index (χ0n) is 14.4. The molecule has 2 aliphatic rings. The van der Waals surface area contributed by atoms with Gasteiger partial charge in [0.1, 0.15) is 6.61 Å². The van der Waals surface area contributed by atoms with Crippen LogP contribution in [0.3, 0.4) is 0 Å². The molecule has 24 heavy (non-hydrogen) atoms. The number of carbonyl (C=O) groups is 2. The van der Waals surface area contributed by atoms with E-state index in [1.54, 1.807) is 6.07 Å². The molecule has 0 aromatic heterocycles. The molecule has 2 fully saturated rings. The topological polar surface area (TPSA) is 55.8 Å². The van der Waals surface area contributed by atoms with E-state index in [1.165, 1.54) is 0 Å². The summed E-state index contributed by atoms with van der Waals surface area (Å²) < 4.78 is 11.2. The van der Waals surface area contributed by atoms with E-state index in [4.69, 9.17) is 9.47 Å². The molecule has 1 aromatic carbocycles. The van der Waals surface area contributed by atoms with E-state index in [0.717, 1.165) is 31.4 Å². The number of esters is 1. The molecule has 0 saturated carbocycles. The third-order valence-corrected chi connectivity index (χ3v) is 4.66. The minimum absolute atomic E-state index is 0.0191. The molecule has 0 aliphatic carbocycles. The van der Waals surface area contributed by atoms with Crippen LogP contribution in [0.4, 0.5) is 0 Å². The van der Waals surface area contributed by atoms with Gasteiger partial charge < -0.3 is 14.4 Å². The van der Waals surface area contributed by atoms with E-state index in [1.807, 2.05) is 23.1 Å². The Bertz CT molecular complexity index is 626. The molecule has 2 heterocycles. The lowest BCUT2D eigenvalue weighted by atomic mass is 10.1. The predicted octanol–water partition coefficient (Wildman–Crippen LogP) is 2.92. The van der Waals surface area contributed by atoms with Gasteiger partial charge in [0.05, 0.1) is 17.3 Å². The first-order valence-corrected chi connectivity index (χ1v) is 8.65. The van der Waals surface area contributed by atoms with Crippen molar-refractivity contribution in [1.82, 2.24) is 4.90 Å². The Morgan fingerprint density at radius 3 is 2.92 bits per heavy atom. The molecule has 0 spiro atoms. The van der Waals surface area contributed by atoms with Gasteiger partial charge in [-0.25, -0.2) is 4.79 Å². The minimum Gasteiger partial charge on any atom is -0.459 e. The normalized spacial score (nSPS) is 22.8. The predicted molar refractivity (Wildman–Crippen MR) is 89.6 cm³/mol. The first kappa shape index (κ1) is 17.0. The van der Waals surface area contributed by atoms with E-state index < -0.39 is 0 Å². The molecular weight excluding hydrogens is 306 g/mol. The smallest absolute Gasteiger partial charge is 0.338 e. The SMILES string of the molecule is CC1(C)CC[C@@H](COC(=O)c2cccc(CN3CCCC3=O)c2)O1. The van der Waals surface area contributed by atoms with Crippen molar-refractivity contribution in [3.63, 3.8) is 0 Å². The van der Waals surface area contributed by atoms with Crippen LogP contribution in [0.1, 0.15) is 55.5 Å². The van der Waals surface area contributed by atoms with Crippen LogP contribution < -0.4 is 0 Å². The number of rotatable bonds is 5. The van der Waals surface area contributed by atoms with Crippen LogP contribution in [0, 0.1) is 0 Å². The zero-order chi connectivity index (χ0) is 17.2. The number of hydrogen-bond acceptors (Lipinski definition) is 4. The van der Waals surface area contributed by atoms with Gasteiger partial charge in [0.15, 0.2) is 0 Å². The minimum atomic E-state index is -0.335. The summed E-state index contributed by atoms with van der Waals surface area (Å²) in [7, 11) is 0. The van der Waals surface area contributed by atoms with E-state index in [2.05, 4.69) is 13.8 Å². The second-order valence-electron chi connectivity index (χ2n) is 7.26. The molecule has 2 saturated heterocycles. The molecule has 0 radical (unpaired) electrons. The van der Waals surface area contributed by atoms with Crippen molar-refractivity contribution in [2.45, 2.75) is 57.8 Å². The third kappa shape index (κ3) is 4.15. The first-order chi connectivity index (χ1) is 11.4. The lowest BCUT2D eigenvalue weighted by Crippen LogP contribution is -2.24. The summed E-state index contributed by atoms with van der Waals surface area (Å²) >= 11 is 0. The third-order valence-electron chi connectivity index (χ3n) is 4.66. The molecule has 3 rings (SSSR count). The van der Waals surface area contributed by atoms with Gasteiger partial charge in [-0.2, -0.15) is 0 Å². The lowest BCUT2D eigenvalue weighted by Gasteiger charge is -2.19. The molecule has 5 nitrogen and oxygen atoms in total. The van der Waals surface area contributed by atoms with Gasteiger partial charge in [0.25, 0.3) is 0 Å². The molecule has 0 unspecified atom stereocenters. The number of amides is 1. The van der Waals surface area contributed by atoms with Gasteiger partial charge in [-0.3, -0.25) is 4.79 Å². The van der Waals surface area contributed by atoms with E-state index >= 15 is 0 Å². The van der Waals surface area contributed by atoms with Crippen molar-refractivity contribution < 1.29 is 19.1 Å². The number of benzene rings is 1. The molecule has 5 heteroatoms. The summed E-state index contributed by atoms with van der Waals surface area (Å²) in [5.74, 6) is -0.151. The zero-order valence-corrected chi connectivity index (χ0v) is 14.4. The van der Waals surface area contributed by atoms with Gasteiger partial charge in [0.2, 0.25) is 5.91 Å². The van der Waals surface area contributed by atoms with Crippen LogP contribution in [0.25, 0.3) is 0 Å². The fourth-order valence-corrected chi connectivity index (χ4v) is 3.34. The quantitative estimate of drug-likeness (QED) is 0.779. The average molecular weight is 331 g/mol. The highest BCUT2D eigenvalue weighted by Gasteiger charge is 2.32. The molecule has 1 atom stereocenters. The van der Waals surface area contributed by atoms with Crippen LogP contribution in [-0.4, -0.2) is 41.6 Å². The second-order valence-corrected chi connectivity index (χ2v) is 7.26. The van der Waals surface area contributed by atoms with E-state index in [0.29, 0.717) is 18.5 Å². The largest absolute Gasteiger partial charge is 0.459 e. The molecular formula is C19H25NO4. The summed E-state index contributed by atoms with van der Waals surface area (Å²) in [6.07, 6.45) is 3.42. The summed E-state index contributed by atoms with van der Waals surface area (Å²) in [5.41, 5.74) is 1.36. The Hall–Kier alpha value is -1.88. The molecule has 130 valence electrons. The fraction of sp³-hybridized carbons (Fsp3) is 0.579. The molecule has 2 aliphatic heterocycles. The lowest BCUT2D eigenvalue weighted by molar-refractivity contribution is -0.128. The summed E-state index contributed by atoms with van der Waals surface area (Å²) in [6, 6.07) is 7.33. The van der Waals surface area contributed by atoms with Gasteiger partial charge >= 0.3 is 5.97 Å². The Kier molecular flexibility index (Phi) is 4.90. The Balaban J connectivity index is 1.55. The van der Waals surface area contributed by atoms with Gasteiger partial charge in [0, 0.05) is 19.5 Å². The van der Waals surface area contributed by atoms with Crippen molar-refractivity contribution >= 4 is 11.9 Å². The standard InChI is InChI=1S/C19H25NO4/c1-19(2)9-8-16(24-19)13-23-18(22)15-6-3-5-14(11-15)12-20-10-4-7-17(20)21/h3,5-6,11,16H,4,7-10,12-13H2,1-2H3/t16-/m0/s1. The maximum absolute atomic E-state index is 12.3. The molecule has 1 aromatic rings. The van der Waals surface area contributed by atoms with Crippen molar-refractivity contribution in [1.29, 1.82) is 0 Å². The summed E-state index contributed by atoms with van der Waals surface area (Å²) in [6.45, 7) is 5.75. The molecule has 1 amide bonds. The maximum atomic E-state index is 12.3. The van der Waals surface area contributed by atoms with Crippen molar-refractivity contribution in [3.8, 4) is 0 Å². The number of hydrogen-bond donors (Lipinski definition) is 0. The van der Waals surface area contributed by atoms with Crippen molar-refractivity contribution in [3.05, 3.63) is 35.4 Å². The number of carbonyl (C=O) groups excluding carboxylic acids is 2. The Morgan fingerprint density at radius 1 is 1.42 bits per heavy atom. The maximum Gasteiger partial charge on any atom is 0.338 e. The van der Waals surface area contributed by atoms with E-state index in [9.17, 15) is 9.59 Å². The van der Waals surface area contributed by atoms with Crippen LogP contribution in [0.2, 0.25) is 0 Å². The van der Waals surface area contributed by atoms with Crippen LogP contribution >= 0.6 is 0 Å². The van der Waals surface area contributed by atoms with Gasteiger partial charge in [-0.05, 0) is 50.8 Å². The Morgan fingerprint density at radius 2 is 2.25 bits per heavy atom. The number of nitrogens with zero attached hydrogens (tertiary/aromatic N) is 1. The highest BCUT2D eigenvalue weighted by molar-refractivity contribution is 5.89. The summed E-state index contributed by atoms with van der Waals surface area (Å²) in [5, 5.41) is 0. The van der Waals surface area contributed by atoms with Gasteiger partial charge in [-0.15, -0.1) is 0 Å². The fourth-order valence-electron chi connectivity index (χ4n) is 3.34. The summed E-state index contributed by atoms with van der Waals surface area (Å²) in [4.78, 5) is 25.8. The van der Waals surface area contributed by atoms with Crippen molar-refractivity contribution in [2.24, 2.45) is 0 Å². The highest BCUT2D eigenvalue weighted by Crippen LogP contribution is 2.29. The van der Waals surface area contributed by atoms with Crippen molar-refractivity contribution in [2.75, 3.05) is 13.2 Å². The monoisotopic (exact) mass is 331 g/mol. The van der Waals surface area contributed by atoms with E-state index in [-0.39, 0.29) is 30.2 Å². The van der Waals surface area contributed by atoms with Crippen LogP contribution in [-0.2, 0) is 20.8 Å². The Labute approximate surface area is 142 Å². The number of likely N-dealkylation sites (tertiary alicyclic amines) is 1. The van der Waals surface area contributed by atoms with Crippen LogP contribution in [0.15, 0.2) is 24.3 Å².